The Balaban J connectivity index is 0.965. The lowest BCUT2D eigenvalue weighted by Crippen LogP contribution is -2.18. The van der Waals surface area contributed by atoms with Crippen LogP contribution in [-0.2, 0) is 10.8 Å². The van der Waals surface area contributed by atoms with Crippen molar-refractivity contribution in [3.05, 3.63) is 327 Å². The fourth-order valence-corrected chi connectivity index (χ4v) is 12.2. The summed E-state index contributed by atoms with van der Waals surface area (Å²) in [5, 5.41) is 4.96. The summed E-state index contributed by atoms with van der Waals surface area (Å²) in [6, 6.07) is 115. The molecule has 0 aliphatic rings. The molecule has 13 aromatic rings. The summed E-state index contributed by atoms with van der Waals surface area (Å²) in [7, 11) is 0. The minimum atomic E-state index is -0.206. The van der Waals surface area contributed by atoms with Crippen molar-refractivity contribution in [2.24, 2.45) is 0 Å². The van der Waals surface area contributed by atoms with Crippen LogP contribution in [0.1, 0.15) is 52.7 Å². The Hall–Kier alpha value is -10.4. The molecule has 0 unspecified atom stereocenters. The van der Waals surface area contributed by atoms with Crippen LogP contribution in [0.3, 0.4) is 0 Å². The molecule has 0 aliphatic carbocycles. The van der Waals surface area contributed by atoms with Crippen molar-refractivity contribution in [2.75, 3.05) is 19.6 Å². The molecule has 0 atom stereocenters. The van der Waals surface area contributed by atoms with Gasteiger partial charge in [0, 0.05) is 68.2 Å². The monoisotopic (exact) mass is 1110 g/mol. The largest absolute Gasteiger partial charge is 0.310 e. The highest BCUT2D eigenvalue weighted by Crippen LogP contribution is 2.49. The van der Waals surface area contributed by atoms with Crippen molar-refractivity contribution in [1.82, 2.24) is 0 Å². The van der Waals surface area contributed by atoms with E-state index >= 15 is 0 Å². The number of fused-ring (bicyclic) bond motifs is 2. The van der Waals surface area contributed by atoms with E-state index in [9.17, 15) is 0 Å². The molecule has 13 rings (SSSR count). The maximum atomic E-state index is 2.43. The Labute approximate surface area is 507 Å². The average molecular weight is 1110 g/mol. The molecule has 0 heterocycles. The van der Waals surface area contributed by atoms with E-state index in [4.69, 9.17) is 0 Å². The Morgan fingerprint density at radius 3 is 0.698 bits per heavy atom. The van der Waals surface area contributed by atoms with Gasteiger partial charge in [-0.2, -0.15) is 0 Å². The summed E-state index contributed by atoms with van der Waals surface area (Å²) in [6.07, 6.45) is 0. The number of benzene rings is 13. The van der Waals surface area contributed by atoms with Gasteiger partial charge >= 0.3 is 0 Å². The molecule has 4 nitrogen and oxygen atoms in total. The Morgan fingerprint density at radius 2 is 0.407 bits per heavy atom. The summed E-state index contributed by atoms with van der Waals surface area (Å²) >= 11 is 0. The van der Waals surface area contributed by atoms with Crippen molar-refractivity contribution >= 4 is 89.8 Å². The van der Waals surface area contributed by atoms with Gasteiger partial charge in [-0.25, -0.2) is 0 Å². The van der Waals surface area contributed by atoms with E-state index < -0.39 is 0 Å². The Bertz CT molecular complexity index is 4360. The van der Waals surface area contributed by atoms with Gasteiger partial charge in [0.1, 0.15) is 0 Å². The zero-order valence-electron chi connectivity index (χ0n) is 49.8. The molecule has 0 fully saturated rings. The van der Waals surface area contributed by atoms with Crippen molar-refractivity contribution in [1.29, 1.82) is 0 Å². The van der Waals surface area contributed by atoms with Gasteiger partial charge in [-0.15, -0.1) is 0 Å². The average Bonchev–Trinajstić information content (AvgIpc) is 1.05. The molecule has 0 saturated carbocycles. The molecule has 0 N–H and O–H groups in total. The number of hydrogen-bond donors (Lipinski definition) is 0. The number of para-hydroxylation sites is 5. The van der Waals surface area contributed by atoms with Crippen molar-refractivity contribution in [3.8, 4) is 22.3 Å². The molecule has 13 aromatic carbocycles. The number of nitrogens with zero attached hydrogens (tertiary/aromatic N) is 4. The molecular weight excluding hydrogens is 1040 g/mol. The van der Waals surface area contributed by atoms with Gasteiger partial charge in [0.2, 0.25) is 0 Å². The minimum Gasteiger partial charge on any atom is -0.310 e. The van der Waals surface area contributed by atoms with Crippen LogP contribution in [0.5, 0.6) is 0 Å². The molecule has 0 aromatic heterocycles. The molecule has 0 aliphatic heterocycles. The first kappa shape index (κ1) is 54.8. The van der Waals surface area contributed by atoms with Gasteiger partial charge in [0.05, 0.1) is 0 Å². The molecule has 0 spiro atoms. The topological polar surface area (TPSA) is 13.0 Å². The second-order valence-electron chi connectivity index (χ2n) is 24.3. The Morgan fingerprint density at radius 1 is 0.186 bits per heavy atom. The SMILES string of the molecule is CC(C)(C)c1cc(N(c2ccccc2)c2ccccc2)cc(N(c2ccccc2)c2cccc(N(c3ccccc3)c3cc(N(c4ccccc4)c4ccc(-c5c6ccccc6c(-c6ccccc6)c6ccccc56)cc4)cc(C(C)(C)C)c3)c2)c1. The smallest absolute Gasteiger partial charge is 0.0485 e. The van der Waals surface area contributed by atoms with E-state index in [-0.39, 0.29) is 10.8 Å². The maximum Gasteiger partial charge on any atom is 0.0485 e. The number of rotatable bonds is 14. The third kappa shape index (κ3) is 11.0. The minimum absolute atomic E-state index is 0.164. The van der Waals surface area contributed by atoms with Gasteiger partial charge in [-0.3, -0.25) is 0 Å². The van der Waals surface area contributed by atoms with E-state index in [1.165, 1.54) is 54.9 Å². The van der Waals surface area contributed by atoms with Gasteiger partial charge in [-0.05, 0) is 193 Å². The first-order chi connectivity index (χ1) is 41.9. The van der Waals surface area contributed by atoms with Crippen molar-refractivity contribution in [2.45, 2.75) is 52.4 Å². The maximum absolute atomic E-state index is 2.43. The first-order valence-corrected chi connectivity index (χ1v) is 29.9. The van der Waals surface area contributed by atoms with Crippen LogP contribution >= 0.6 is 0 Å². The van der Waals surface area contributed by atoms with Crippen LogP contribution < -0.4 is 19.6 Å². The third-order valence-corrected chi connectivity index (χ3v) is 16.4. The molecule has 4 heteroatoms. The first-order valence-electron chi connectivity index (χ1n) is 29.9. The Kier molecular flexibility index (Phi) is 14.9. The number of anilines is 12. The summed E-state index contributed by atoms with van der Waals surface area (Å²) in [4.78, 5) is 9.63. The van der Waals surface area contributed by atoms with E-state index in [0.29, 0.717) is 0 Å². The summed E-state index contributed by atoms with van der Waals surface area (Å²) in [5.74, 6) is 0. The lowest BCUT2D eigenvalue weighted by molar-refractivity contribution is 0.590. The van der Waals surface area contributed by atoms with Crippen molar-refractivity contribution in [3.63, 3.8) is 0 Å². The fourth-order valence-electron chi connectivity index (χ4n) is 12.2. The summed E-state index contributed by atoms with van der Waals surface area (Å²) in [6.45, 7) is 13.9. The van der Waals surface area contributed by atoms with Crippen LogP contribution in [0.4, 0.5) is 68.2 Å². The lowest BCUT2D eigenvalue weighted by atomic mass is 9.85. The highest BCUT2D eigenvalue weighted by Gasteiger charge is 2.27. The zero-order valence-corrected chi connectivity index (χ0v) is 49.8. The second kappa shape index (κ2) is 23.3. The fraction of sp³-hybridized carbons (Fsp3) is 0.0976. The predicted octanol–water partition coefficient (Wildman–Crippen LogP) is 23.8. The molecular formula is C82H70N4. The molecule has 0 radical (unpaired) electrons. The highest BCUT2D eigenvalue weighted by molar-refractivity contribution is 6.21. The van der Waals surface area contributed by atoms with Crippen LogP contribution in [0, 0.1) is 0 Å². The predicted molar refractivity (Wildman–Crippen MR) is 368 cm³/mol. The summed E-state index contributed by atoms with van der Waals surface area (Å²) in [5.41, 5.74) is 19.7. The van der Waals surface area contributed by atoms with E-state index in [1.54, 1.807) is 0 Å². The van der Waals surface area contributed by atoms with Crippen LogP contribution in [-0.4, -0.2) is 0 Å². The molecule has 418 valence electrons. The molecule has 0 bridgehead atoms. The van der Waals surface area contributed by atoms with Gasteiger partial charge in [0.25, 0.3) is 0 Å². The lowest BCUT2D eigenvalue weighted by Gasteiger charge is -2.34. The molecule has 0 amide bonds. The van der Waals surface area contributed by atoms with Crippen molar-refractivity contribution < 1.29 is 0 Å². The molecule has 86 heavy (non-hydrogen) atoms. The van der Waals surface area contributed by atoms with E-state index in [1.807, 2.05) is 0 Å². The third-order valence-electron chi connectivity index (χ3n) is 16.4. The van der Waals surface area contributed by atoms with Crippen LogP contribution in [0.2, 0.25) is 0 Å². The molecule has 0 saturated heterocycles. The van der Waals surface area contributed by atoms with Gasteiger partial charge < -0.3 is 19.6 Å². The standard InChI is InChI=1S/C82H70N4/c1-81(2,3)61-52-71(83(63-32-15-8-16-33-63)64-34-17-9-18-35-64)57-73(54-61)85(66-38-21-11-22-39-66)69-42-29-43-70(56-69)86(67-40-23-12-24-41-67)74-55-62(82(4,5)6)53-72(58-74)84(65-36-19-10-20-37-65)68-50-48-60(49-51-68)80-77-46-27-25-44-75(77)79(59-30-13-7-14-31-59)76-45-26-28-47-78(76)80/h7-58H,1-6H3. The highest BCUT2D eigenvalue weighted by atomic mass is 15.2. The van der Waals surface area contributed by atoms with Crippen LogP contribution in [0.15, 0.2) is 315 Å². The van der Waals surface area contributed by atoms with Gasteiger partial charge in [-0.1, -0.05) is 230 Å². The van der Waals surface area contributed by atoms with E-state index in [2.05, 4.69) is 377 Å². The van der Waals surface area contributed by atoms with E-state index in [0.717, 1.165) is 68.2 Å². The normalized spacial score (nSPS) is 11.6. The van der Waals surface area contributed by atoms with Crippen LogP contribution in [0.25, 0.3) is 43.8 Å². The van der Waals surface area contributed by atoms with Gasteiger partial charge in [0.15, 0.2) is 0 Å². The number of hydrogen-bond acceptors (Lipinski definition) is 4. The quantitative estimate of drug-likeness (QED) is 0.101. The zero-order chi connectivity index (χ0) is 58.8. The summed E-state index contributed by atoms with van der Waals surface area (Å²) < 4.78 is 0. The second-order valence-corrected chi connectivity index (χ2v) is 24.3.